The fraction of sp³-hybridized carbons (Fsp3) is 0.412. The Kier molecular flexibility index (Phi) is 5.39. The second-order valence-corrected chi connectivity index (χ2v) is 6.20. The van der Waals surface area contributed by atoms with E-state index in [-0.39, 0.29) is 18.5 Å². The van der Waals surface area contributed by atoms with Crippen molar-refractivity contribution >= 4 is 11.8 Å². The smallest absolute Gasteiger partial charge is 0.320 e. The summed E-state index contributed by atoms with van der Waals surface area (Å²) >= 11 is 0. The fourth-order valence-corrected chi connectivity index (χ4v) is 1.91. The number of aromatic nitrogens is 2. The first-order valence-electron chi connectivity index (χ1n) is 7.71. The standard InChI is InChI=1S/C17H24N4O2/c1-13(2)17(3,23)12-18-16(22)19-15-9-10-21(20-15)11-14-7-5-4-6-8-14/h4-10,13,23H,11-12H2,1-3H3,(H2,18,19,20,22). The quantitative estimate of drug-likeness (QED) is 0.766. The predicted octanol–water partition coefficient (Wildman–Crippen LogP) is 2.46. The molecule has 1 heterocycles. The van der Waals surface area contributed by atoms with E-state index in [0.717, 1.165) is 5.56 Å². The third-order valence-corrected chi connectivity index (χ3v) is 3.92. The number of nitrogens with one attached hydrogen (secondary N) is 2. The topological polar surface area (TPSA) is 79.2 Å². The van der Waals surface area contributed by atoms with Gasteiger partial charge in [-0.05, 0) is 18.4 Å². The first kappa shape index (κ1) is 17.0. The van der Waals surface area contributed by atoms with Gasteiger partial charge < -0.3 is 10.4 Å². The van der Waals surface area contributed by atoms with E-state index in [1.165, 1.54) is 0 Å². The van der Waals surface area contributed by atoms with E-state index in [4.69, 9.17) is 0 Å². The molecule has 1 unspecified atom stereocenters. The highest BCUT2D eigenvalue weighted by Gasteiger charge is 2.25. The lowest BCUT2D eigenvalue weighted by Crippen LogP contribution is -2.45. The average Bonchev–Trinajstić information content (AvgIpc) is 2.93. The van der Waals surface area contributed by atoms with E-state index in [2.05, 4.69) is 15.7 Å². The van der Waals surface area contributed by atoms with Crippen LogP contribution in [0.4, 0.5) is 10.6 Å². The van der Waals surface area contributed by atoms with Gasteiger partial charge in [0.15, 0.2) is 5.82 Å². The van der Waals surface area contributed by atoms with Crippen LogP contribution >= 0.6 is 0 Å². The van der Waals surface area contributed by atoms with E-state index in [9.17, 15) is 9.90 Å². The summed E-state index contributed by atoms with van der Waals surface area (Å²) in [5.41, 5.74) is 0.198. The van der Waals surface area contributed by atoms with Gasteiger partial charge in [0, 0.05) is 18.8 Å². The Hall–Kier alpha value is -2.34. The zero-order chi connectivity index (χ0) is 16.9. The third kappa shape index (κ3) is 5.10. The maximum atomic E-state index is 11.9. The molecule has 2 amide bonds. The van der Waals surface area contributed by atoms with Gasteiger partial charge in [0.05, 0.1) is 12.1 Å². The average molecular weight is 316 g/mol. The minimum Gasteiger partial charge on any atom is -0.388 e. The van der Waals surface area contributed by atoms with Crippen molar-refractivity contribution in [3.05, 3.63) is 48.2 Å². The number of nitrogens with zero attached hydrogens (tertiary/aromatic N) is 2. The maximum absolute atomic E-state index is 11.9. The molecule has 0 radical (unpaired) electrons. The van der Waals surface area contributed by atoms with Crippen LogP contribution in [0.15, 0.2) is 42.6 Å². The van der Waals surface area contributed by atoms with E-state index < -0.39 is 5.60 Å². The van der Waals surface area contributed by atoms with Crippen LogP contribution in [0.2, 0.25) is 0 Å². The Bertz CT molecular complexity index is 635. The van der Waals surface area contributed by atoms with Gasteiger partial charge in [-0.2, -0.15) is 5.10 Å². The number of hydrogen-bond acceptors (Lipinski definition) is 3. The molecule has 6 nitrogen and oxygen atoms in total. The van der Waals surface area contributed by atoms with E-state index in [1.54, 1.807) is 17.7 Å². The van der Waals surface area contributed by atoms with Crippen molar-refractivity contribution in [2.45, 2.75) is 32.9 Å². The number of urea groups is 1. The van der Waals surface area contributed by atoms with Crippen LogP contribution in [0, 0.1) is 5.92 Å². The number of benzene rings is 1. The lowest BCUT2D eigenvalue weighted by atomic mass is 9.93. The Morgan fingerprint density at radius 1 is 1.30 bits per heavy atom. The molecule has 0 saturated carbocycles. The molecule has 0 bridgehead atoms. The second kappa shape index (κ2) is 7.28. The molecule has 23 heavy (non-hydrogen) atoms. The van der Waals surface area contributed by atoms with Crippen molar-refractivity contribution in [2.24, 2.45) is 5.92 Å². The van der Waals surface area contributed by atoms with Crippen LogP contribution in [-0.4, -0.2) is 33.1 Å². The van der Waals surface area contributed by atoms with E-state index >= 15 is 0 Å². The zero-order valence-electron chi connectivity index (χ0n) is 13.8. The van der Waals surface area contributed by atoms with Crippen molar-refractivity contribution in [2.75, 3.05) is 11.9 Å². The van der Waals surface area contributed by atoms with Crippen molar-refractivity contribution in [1.29, 1.82) is 0 Å². The number of hydrogen-bond donors (Lipinski definition) is 3. The Balaban J connectivity index is 1.85. The first-order valence-corrected chi connectivity index (χ1v) is 7.71. The number of anilines is 1. The van der Waals surface area contributed by atoms with Crippen molar-refractivity contribution < 1.29 is 9.90 Å². The number of carbonyl (C=O) groups is 1. The minimum atomic E-state index is -0.940. The van der Waals surface area contributed by atoms with Gasteiger partial charge in [0.1, 0.15) is 0 Å². The maximum Gasteiger partial charge on any atom is 0.320 e. The van der Waals surface area contributed by atoms with Crippen molar-refractivity contribution in [1.82, 2.24) is 15.1 Å². The number of carbonyl (C=O) groups excluding carboxylic acids is 1. The molecule has 1 atom stereocenters. The molecular weight excluding hydrogens is 292 g/mol. The molecule has 3 N–H and O–H groups in total. The monoisotopic (exact) mass is 316 g/mol. The summed E-state index contributed by atoms with van der Waals surface area (Å²) in [5.74, 6) is 0.524. The molecule has 0 aliphatic rings. The van der Waals surface area contributed by atoms with Crippen LogP contribution in [-0.2, 0) is 6.54 Å². The summed E-state index contributed by atoms with van der Waals surface area (Å²) in [5, 5.41) is 19.7. The molecular formula is C17H24N4O2. The zero-order valence-corrected chi connectivity index (χ0v) is 13.8. The van der Waals surface area contributed by atoms with Gasteiger partial charge in [-0.3, -0.25) is 10.00 Å². The molecule has 124 valence electrons. The van der Waals surface area contributed by atoms with Crippen LogP contribution in [0.5, 0.6) is 0 Å². The largest absolute Gasteiger partial charge is 0.388 e. The summed E-state index contributed by atoms with van der Waals surface area (Å²) in [6.45, 7) is 6.34. The molecule has 1 aromatic carbocycles. The number of amides is 2. The van der Waals surface area contributed by atoms with Gasteiger partial charge in [0.2, 0.25) is 0 Å². The molecule has 0 saturated heterocycles. The molecule has 2 rings (SSSR count). The van der Waals surface area contributed by atoms with Gasteiger partial charge in [-0.25, -0.2) is 4.79 Å². The molecule has 2 aromatic rings. The predicted molar refractivity (Wildman–Crippen MR) is 90.3 cm³/mol. The summed E-state index contributed by atoms with van der Waals surface area (Å²) in [7, 11) is 0. The molecule has 0 aliphatic carbocycles. The van der Waals surface area contributed by atoms with Gasteiger partial charge in [0.25, 0.3) is 0 Å². The fourth-order valence-electron chi connectivity index (χ4n) is 1.91. The minimum absolute atomic E-state index is 0.0490. The van der Waals surface area contributed by atoms with Gasteiger partial charge in [-0.1, -0.05) is 44.2 Å². The highest BCUT2D eigenvalue weighted by Crippen LogP contribution is 2.14. The molecule has 0 aliphatic heterocycles. The van der Waals surface area contributed by atoms with Crippen LogP contribution < -0.4 is 10.6 Å². The van der Waals surface area contributed by atoms with Crippen molar-refractivity contribution in [3.8, 4) is 0 Å². The van der Waals surface area contributed by atoms with E-state index in [1.807, 2.05) is 50.4 Å². The lowest BCUT2D eigenvalue weighted by molar-refractivity contribution is 0.0170. The van der Waals surface area contributed by atoms with Crippen LogP contribution in [0.1, 0.15) is 26.3 Å². The molecule has 6 heteroatoms. The van der Waals surface area contributed by atoms with Crippen molar-refractivity contribution in [3.63, 3.8) is 0 Å². The molecule has 0 fully saturated rings. The van der Waals surface area contributed by atoms with Crippen LogP contribution in [0.25, 0.3) is 0 Å². The van der Waals surface area contributed by atoms with Gasteiger partial charge >= 0.3 is 6.03 Å². The van der Waals surface area contributed by atoms with Crippen LogP contribution in [0.3, 0.4) is 0 Å². The number of aliphatic hydroxyl groups is 1. The summed E-state index contributed by atoms with van der Waals surface area (Å²) in [4.78, 5) is 11.9. The molecule has 0 spiro atoms. The Morgan fingerprint density at radius 3 is 2.65 bits per heavy atom. The Labute approximate surface area is 136 Å². The van der Waals surface area contributed by atoms with E-state index in [0.29, 0.717) is 12.4 Å². The number of rotatable bonds is 6. The first-order chi connectivity index (χ1) is 10.9. The second-order valence-electron chi connectivity index (χ2n) is 6.20. The Morgan fingerprint density at radius 2 is 2.00 bits per heavy atom. The summed E-state index contributed by atoms with van der Waals surface area (Å²) < 4.78 is 1.76. The SMILES string of the molecule is CC(C)C(C)(O)CNC(=O)Nc1ccn(Cc2ccccc2)n1. The molecule has 1 aromatic heterocycles. The third-order valence-electron chi connectivity index (χ3n) is 3.92. The van der Waals surface area contributed by atoms with Gasteiger partial charge in [-0.15, -0.1) is 0 Å². The summed E-state index contributed by atoms with van der Waals surface area (Å²) in [6.07, 6.45) is 1.81. The highest BCUT2D eigenvalue weighted by atomic mass is 16.3. The lowest BCUT2D eigenvalue weighted by Gasteiger charge is -2.27. The summed E-state index contributed by atoms with van der Waals surface area (Å²) in [6, 6.07) is 11.3. The normalized spacial score (nSPS) is 13.6. The highest BCUT2D eigenvalue weighted by molar-refractivity contribution is 5.88.